The van der Waals surface area contributed by atoms with E-state index >= 15 is 0 Å². The van der Waals surface area contributed by atoms with Crippen LogP contribution in [0.3, 0.4) is 0 Å². The van der Waals surface area contributed by atoms with Gasteiger partial charge in [0, 0.05) is 19.2 Å². The first-order chi connectivity index (χ1) is 10.6. The van der Waals surface area contributed by atoms with Crippen molar-refractivity contribution in [1.82, 2.24) is 15.8 Å². The molecule has 0 aromatic rings. The molecule has 0 unspecified atom stereocenters. The molecule has 0 aromatic heterocycles. The van der Waals surface area contributed by atoms with E-state index in [1.165, 1.54) is 11.0 Å². The van der Waals surface area contributed by atoms with Crippen LogP contribution in [0.4, 0.5) is 4.79 Å². The van der Waals surface area contributed by atoms with Gasteiger partial charge in [0.1, 0.15) is 5.60 Å². The minimum Gasteiger partial charge on any atom is -0.444 e. The predicted molar refractivity (Wildman–Crippen MR) is 86.2 cm³/mol. The smallest absolute Gasteiger partial charge is 0.410 e. The molecule has 0 spiro atoms. The van der Waals surface area contributed by atoms with Crippen molar-refractivity contribution in [2.75, 3.05) is 13.1 Å². The molecule has 1 aliphatic heterocycles. The molecule has 7 heteroatoms. The highest BCUT2D eigenvalue weighted by Gasteiger charge is 2.31. The van der Waals surface area contributed by atoms with Gasteiger partial charge in [-0.15, -0.1) is 0 Å². The van der Waals surface area contributed by atoms with Gasteiger partial charge in [0.25, 0.3) is 5.91 Å². The lowest BCUT2D eigenvalue weighted by Crippen LogP contribution is -2.50. The van der Waals surface area contributed by atoms with Crippen molar-refractivity contribution < 1.29 is 19.1 Å². The molecule has 1 heterocycles. The van der Waals surface area contributed by atoms with Crippen LogP contribution in [0.2, 0.25) is 0 Å². The standard InChI is InChI=1S/C16H27N3O4/c1-11(2)9-13(20)17-18-14(21)12-7-6-8-19(10-12)15(22)23-16(3,4)5/h9,12H,6-8,10H2,1-5H3,(H,17,20)(H,18,21)/t12-/m1/s1. The maximum atomic E-state index is 12.1. The minimum atomic E-state index is -0.565. The number of nitrogens with zero attached hydrogens (tertiary/aromatic N) is 1. The summed E-state index contributed by atoms with van der Waals surface area (Å²) in [4.78, 5) is 37.2. The van der Waals surface area contributed by atoms with Crippen LogP contribution in [0.15, 0.2) is 11.6 Å². The van der Waals surface area contributed by atoms with Crippen LogP contribution in [0.1, 0.15) is 47.5 Å². The van der Waals surface area contributed by atoms with Gasteiger partial charge in [0.2, 0.25) is 5.91 Å². The number of carbonyl (C=O) groups is 3. The summed E-state index contributed by atoms with van der Waals surface area (Å²) in [6.07, 6.45) is 2.38. The lowest BCUT2D eigenvalue weighted by atomic mass is 9.98. The van der Waals surface area contributed by atoms with E-state index < -0.39 is 11.7 Å². The van der Waals surface area contributed by atoms with Crippen molar-refractivity contribution in [2.24, 2.45) is 5.92 Å². The van der Waals surface area contributed by atoms with E-state index in [1.54, 1.807) is 34.6 Å². The van der Waals surface area contributed by atoms with Gasteiger partial charge in [0.15, 0.2) is 0 Å². The third kappa shape index (κ3) is 7.17. The molecular formula is C16H27N3O4. The minimum absolute atomic E-state index is 0.291. The quantitative estimate of drug-likeness (QED) is 0.598. The van der Waals surface area contributed by atoms with E-state index in [0.717, 1.165) is 12.0 Å². The highest BCUT2D eigenvalue weighted by atomic mass is 16.6. The largest absolute Gasteiger partial charge is 0.444 e. The first-order valence-electron chi connectivity index (χ1n) is 7.81. The fourth-order valence-electron chi connectivity index (χ4n) is 2.21. The normalized spacial score (nSPS) is 18.0. The van der Waals surface area contributed by atoms with E-state index in [-0.39, 0.29) is 17.7 Å². The topological polar surface area (TPSA) is 87.7 Å². The molecule has 0 bridgehead atoms. The van der Waals surface area contributed by atoms with E-state index in [9.17, 15) is 14.4 Å². The molecule has 2 N–H and O–H groups in total. The van der Waals surface area contributed by atoms with E-state index in [0.29, 0.717) is 19.5 Å². The monoisotopic (exact) mass is 325 g/mol. The average Bonchev–Trinajstić information content (AvgIpc) is 2.42. The molecule has 0 aromatic carbocycles. The van der Waals surface area contributed by atoms with Gasteiger partial charge in [-0.05, 0) is 47.5 Å². The Bertz CT molecular complexity index is 490. The van der Waals surface area contributed by atoms with Crippen molar-refractivity contribution in [1.29, 1.82) is 0 Å². The van der Waals surface area contributed by atoms with E-state index in [1.807, 2.05) is 0 Å². The van der Waals surface area contributed by atoms with Gasteiger partial charge < -0.3 is 9.64 Å². The van der Waals surface area contributed by atoms with Crippen molar-refractivity contribution >= 4 is 17.9 Å². The number of amides is 3. The Morgan fingerprint density at radius 1 is 1.17 bits per heavy atom. The summed E-state index contributed by atoms with van der Waals surface area (Å²) in [5.74, 6) is -1.03. The van der Waals surface area contributed by atoms with Gasteiger partial charge in [-0.2, -0.15) is 0 Å². The van der Waals surface area contributed by atoms with Crippen LogP contribution >= 0.6 is 0 Å². The SMILES string of the molecule is CC(C)=CC(=O)NNC(=O)[C@@H]1CCCN(C(=O)OC(C)(C)C)C1. The number of carbonyl (C=O) groups excluding carboxylic acids is 3. The van der Waals surface area contributed by atoms with Crippen molar-refractivity contribution in [2.45, 2.75) is 53.1 Å². The zero-order valence-corrected chi connectivity index (χ0v) is 14.6. The fraction of sp³-hybridized carbons (Fsp3) is 0.688. The van der Waals surface area contributed by atoms with Crippen LogP contribution in [0.5, 0.6) is 0 Å². The highest BCUT2D eigenvalue weighted by molar-refractivity contribution is 5.90. The van der Waals surface area contributed by atoms with Gasteiger partial charge in [-0.1, -0.05) is 5.57 Å². The number of nitrogens with one attached hydrogen (secondary N) is 2. The second kappa shape index (κ2) is 7.99. The second-order valence-corrected chi connectivity index (χ2v) is 6.97. The Balaban J connectivity index is 2.51. The molecule has 0 saturated carbocycles. The number of rotatable bonds is 2. The number of allylic oxidation sites excluding steroid dienone is 1. The number of hydrogen-bond donors (Lipinski definition) is 2. The number of hydrogen-bond acceptors (Lipinski definition) is 4. The summed E-state index contributed by atoms with van der Waals surface area (Å²) in [6.45, 7) is 9.86. The van der Waals surface area contributed by atoms with Crippen molar-refractivity contribution in [3.05, 3.63) is 11.6 Å². The Kier molecular flexibility index (Phi) is 6.60. The van der Waals surface area contributed by atoms with Gasteiger partial charge in [-0.3, -0.25) is 20.4 Å². The van der Waals surface area contributed by atoms with E-state index in [4.69, 9.17) is 4.74 Å². The molecule has 23 heavy (non-hydrogen) atoms. The Labute approximate surface area is 137 Å². The van der Waals surface area contributed by atoms with Gasteiger partial charge >= 0.3 is 6.09 Å². The highest BCUT2D eigenvalue weighted by Crippen LogP contribution is 2.19. The molecule has 1 atom stereocenters. The third-order valence-electron chi connectivity index (χ3n) is 3.17. The number of ether oxygens (including phenoxy) is 1. The molecule has 130 valence electrons. The summed E-state index contributed by atoms with van der Waals surface area (Å²) < 4.78 is 5.32. The fourth-order valence-corrected chi connectivity index (χ4v) is 2.21. The second-order valence-electron chi connectivity index (χ2n) is 6.97. The lowest BCUT2D eigenvalue weighted by Gasteiger charge is -2.33. The Morgan fingerprint density at radius 2 is 1.83 bits per heavy atom. The van der Waals surface area contributed by atoms with Crippen LogP contribution in [0.25, 0.3) is 0 Å². The molecule has 1 aliphatic rings. The molecule has 1 fully saturated rings. The lowest BCUT2D eigenvalue weighted by molar-refractivity contribution is -0.130. The van der Waals surface area contributed by atoms with Crippen molar-refractivity contribution in [3.63, 3.8) is 0 Å². The molecule has 0 aliphatic carbocycles. The Morgan fingerprint density at radius 3 is 2.39 bits per heavy atom. The maximum absolute atomic E-state index is 12.1. The van der Waals surface area contributed by atoms with Crippen LogP contribution < -0.4 is 10.9 Å². The molecular weight excluding hydrogens is 298 g/mol. The average molecular weight is 325 g/mol. The van der Waals surface area contributed by atoms with Crippen molar-refractivity contribution in [3.8, 4) is 0 Å². The van der Waals surface area contributed by atoms with Gasteiger partial charge in [-0.25, -0.2) is 4.79 Å². The maximum Gasteiger partial charge on any atom is 0.410 e. The number of likely N-dealkylation sites (tertiary alicyclic amines) is 1. The first-order valence-corrected chi connectivity index (χ1v) is 7.81. The first kappa shape index (κ1) is 19.0. The number of hydrazine groups is 1. The zero-order valence-electron chi connectivity index (χ0n) is 14.6. The summed E-state index contributed by atoms with van der Waals surface area (Å²) in [7, 11) is 0. The molecule has 7 nitrogen and oxygen atoms in total. The van der Waals surface area contributed by atoms with Gasteiger partial charge in [0.05, 0.1) is 5.92 Å². The van der Waals surface area contributed by atoms with Crippen LogP contribution in [-0.4, -0.2) is 41.5 Å². The molecule has 3 amide bonds. The Hall–Kier alpha value is -2.05. The van der Waals surface area contributed by atoms with E-state index in [2.05, 4.69) is 10.9 Å². The zero-order chi connectivity index (χ0) is 17.6. The van der Waals surface area contributed by atoms with Crippen LogP contribution in [0, 0.1) is 5.92 Å². The summed E-state index contributed by atoms with van der Waals surface area (Å²) in [5, 5.41) is 0. The summed E-state index contributed by atoms with van der Waals surface area (Å²) in [6, 6.07) is 0. The molecule has 1 saturated heterocycles. The molecule has 1 rings (SSSR count). The third-order valence-corrected chi connectivity index (χ3v) is 3.17. The summed E-state index contributed by atoms with van der Waals surface area (Å²) >= 11 is 0. The number of piperidine rings is 1. The molecule has 0 radical (unpaired) electrons. The van der Waals surface area contributed by atoms with Crippen LogP contribution in [-0.2, 0) is 14.3 Å². The summed E-state index contributed by atoms with van der Waals surface area (Å²) in [5.41, 5.74) is 5.02. The predicted octanol–water partition coefficient (Wildman–Crippen LogP) is 1.75.